The number of nitrogens with zero attached hydrogens (tertiary/aromatic N) is 1. The van der Waals surface area contributed by atoms with Gasteiger partial charge in [-0.15, -0.1) is 0 Å². The van der Waals surface area contributed by atoms with Crippen LogP contribution in [0.25, 0.3) is 0 Å². The van der Waals surface area contributed by atoms with Crippen molar-refractivity contribution in [1.29, 1.82) is 0 Å². The van der Waals surface area contributed by atoms with E-state index in [9.17, 15) is 5.11 Å². The summed E-state index contributed by atoms with van der Waals surface area (Å²) < 4.78 is 0. The van der Waals surface area contributed by atoms with Gasteiger partial charge >= 0.3 is 0 Å². The van der Waals surface area contributed by atoms with Gasteiger partial charge in [-0.2, -0.15) is 0 Å². The zero-order chi connectivity index (χ0) is 9.00. The molecule has 3 rings (SSSR count). The van der Waals surface area contributed by atoms with Gasteiger partial charge in [0, 0.05) is 12.1 Å². The van der Waals surface area contributed by atoms with Gasteiger partial charge in [-0.05, 0) is 51.0 Å². The molecule has 3 fully saturated rings. The second-order valence-electron chi connectivity index (χ2n) is 5.26. The highest BCUT2D eigenvalue weighted by Crippen LogP contribution is 2.48. The van der Waals surface area contributed by atoms with Gasteiger partial charge in [-0.25, -0.2) is 0 Å². The molecule has 1 saturated carbocycles. The van der Waals surface area contributed by atoms with Crippen LogP contribution >= 0.6 is 0 Å². The molecule has 0 aromatic carbocycles. The first-order chi connectivity index (χ1) is 6.25. The van der Waals surface area contributed by atoms with Crippen molar-refractivity contribution >= 4 is 0 Å². The van der Waals surface area contributed by atoms with Crippen molar-refractivity contribution in [3.63, 3.8) is 0 Å². The molecule has 0 aromatic rings. The van der Waals surface area contributed by atoms with Gasteiger partial charge < -0.3 is 5.11 Å². The van der Waals surface area contributed by atoms with E-state index >= 15 is 0 Å². The SMILES string of the molecule is CN1C2CC(O)CC1[C@H]1CC[C@@H]2C1. The number of hydrogen-bond acceptors (Lipinski definition) is 2. The van der Waals surface area contributed by atoms with E-state index in [1.807, 2.05) is 0 Å². The van der Waals surface area contributed by atoms with Gasteiger partial charge in [0.05, 0.1) is 6.10 Å². The summed E-state index contributed by atoms with van der Waals surface area (Å²) in [4.78, 5) is 2.57. The zero-order valence-corrected chi connectivity index (χ0v) is 8.32. The average molecular weight is 181 g/mol. The van der Waals surface area contributed by atoms with Crippen LogP contribution in [0.1, 0.15) is 32.1 Å². The topological polar surface area (TPSA) is 23.5 Å². The Morgan fingerprint density at radius 3 is 2.08 bits per heavy atom. The van der Waals surface area contributed by atoms with Crippen LogP contribution in [0.2, 0.25) is 0 Å². The molecule has 74 valence electrons. The largest absolute Gasteiger partial charge is 0.393 e. The Labute approximate surface area is 79.9 Å². The third kappa shape index (κ3) is 1.08. The maximum Gasteiger partial charge on any atom is 0.0570 e. The highest BCUT2D eigenvalue weighted by molar-refractivity contribution is 5.02. The molecule has 1 N–H and O–H groups in total. The number of piperidine rings is 2. The van der Waals surface area contributed by atoms with Crippen LogP contribution in [-0.4, -0.2) is 35.2 Å². The Balaban J connectivity index is 1.91. The number of fused-ring (bicyclic) bond motifs is 6. The Bertz CT molecular complexity index is 198. The van der Waals surface area contributed by atoms with E-state index in [1.54, 1.807) is 0 Å². The lowest BCUT2D eigenvalue weighted by Gasteiger charge is -2.49. The second-order valence-corrected chi connectivity index (χ2v) is 5.26. The quantitative estimate of drug-likeness (QED) is 0.608. The van der Waals surface area contributed by atoms with Gasteiger partial charge in [0.1, 0.15) is 0 Å². The van der Waals surface area contributed by atoms with E-state index in [4.69, 9.17) is 0 Å². The second kappa shape index (κ2) is 2.71. The summed E-state index contributed by atoms with van der Waals surface area (Å²) in [7, 11) is 2.27. The predicted octanol–water partition coefficient (Wildman–Crippen LogP) is 1.24. The van der Waals surface area contributed by atoms with Gasteiger partial charge in [-0.3, -0.25) is 4.90 Å². The number of hydrogen-bond donors (Lipinski definition) is 1. The Morgan fingerprint density at radius 2 is 1.54 bits per heavy atom. The fourth-order valence-electron chi connectivity index (χ4n) is 4.03. The minimum absolute atomic E-state index is 0.00500. The molecular weight excluding hydrogens is 162 g/mol. The van der Waals surface area contributed by atoms with E-state index in [-0.39, 0.29) is 6.10 Å². The molecule has 2 nitrogen and oxygen atoms in total. The lowest BCUT2D eigenvalue weighted by Crippen LogP contribution is -2.56. The van der Waals surface area contributed by atoms with E-state index < -0.39 is 0 Å². The van der Waals surface area contributed by atoms with Crippen LogP contribution in [0.3, 0.4) is 0 Å². The van der Waals surface area contributed by atoms with E-state index in [2.05, 4.69) is 11.9 Å². The van der Waals surface area contributed by atoms with Gasteiger partial charge in [0.25, 0.3) is 0 Å². The summed E-state index contributed by atoms with van der Waals surface area (Å²) in [5.74, 6) is 1.81. The molecule has 4 bridgehead atoms. The molecule has 3 unspecified atom stereocenters. The first kappa shape index (κ1) is 8.25. The van der Waals surface area contributed by atoms with E-state index in [0.29, 0.717) is 12.1 Å². The molecule has 0 radical (unpaired) electrons. The first-order valence-corrected chi connectivity index (χ1v) is 5.65. The number of rotatable bonds is 0. The maximum absolute atomic E-state index is 9.77. The Morgan fingerprint density at radius 1 is 1.00 bits per heavy atom. The highest BCUT2D eigenvalue weighted by atomic mass is 16.3. The average Bonchev–Trinajstić information content (AvgIpc) is 2.52. The normalized spacial score (nSPS) is 55.4. The summed E-state index contributed by atoms with van der Waals surface area (Å²) in [6, 6.07) is 1.40. The lowest BCUT2D eigenvalue weighted by molar-refractivity contribution is -0.0441. The fraction of sp³-hybridized carbons (Fsp3) is 1.00. The molecule has 13 heavy (non-hydrogen) atoms. The number of aliphatic hydroxyl groups is 1. The smallest absolute Gasteiger partial charge is 0.0570 e. The fourth-order valence-corrected chi connectivity index (χ4v) is 4.03. The summed E-state index contributed by atoms with van der Waals surface area (Å²) in [5, 5.41) is 9.77. The van der Waals surface area contributed by atoms with Crippen molar-refractivity contribution in [3.8, 4) is 0 Å². The van der Waals surface area contributed by atoms with Crippen molar-refractivity contribution in [2.45, 2.75) is 50.3 Å². The Kier molecular flexibility index (Phi) is 1.72. The van der Waals surface area contributed by atoms with Gasteiger partial charge in [0.15, 0.2) is 0 Å². The van der Waals surface area contributed by atoms with Crippen LogP contribution in [0.15, 0.2) is 0 Å². The van der Waals surface area contributed by atoms with Crippen molar-refractivity contribution in [3.05, 3.63) is 0 Å². The molecule has 2 aliphatic heterocycles. The standard InChI is InChI=1S/C11H19NO/c1-12-10-5-9(13)6-11(12)8-3-2-7(10)4-8/h7-11,13H,2-6H2,1H3/t7-,8+,9?,10?,11?. The van der Waals surface area contributed by atoms with Crippen molar-refractivity contribution < 1.29 is 5.11 Å². The van der Waals surface area contributed by atoms with Gasteiger partial charge in [-0.1, -0.05) is 0 Å². The monoisotopic (exact) mass is 181 g/mol. The Hall–Kier alpha value is -0.0800. The van der Waals surface area contributed by atoms with E-state index in [1.165, 1.54) is 19.3 Å². The molecule has 5 atom stereocenters. The minimum Gasteiger partial charge on any atom is -0.393 e. The molecule has 2 heterocycles. The molecule has 2 heteroatoms. The first-order valence-electron chi connectivity index (χ1n) is 5.65. The molecule has 0 aromatic heterocycles. The third-order valence-corrected chi connectivity index (χ3v) is 4.68. The van der Waals surface area contributed by atoms with E-state index in [0.717, 1.165) is 24.7 Å². The maximum atomic E-state index is 9.77. The van der Waals surface area contributed by atoms with Crippen molar-refractivity contribution in [2.24, 2.45) is 11.8 Å². The summed E-state index contributed by atoms with van der Waals surface area (Å²) in [6.07, 6.45) is 6.35. The van der Waals surface area contributed by atoms with Crippen LogP contribution in [-0.2, 0) is 0 Å². The molecule has 0 amide bonds. The third-order valence-electron chi connectivity index (χ3n) is 4.68. The predicted molar refractivity (Wildman–Crippen MR) is 51.4 cm³/mol. The zero-order valence-electron chi connectivity index (χ0n) is 8.32. The van der Waals surface area contributed by atoms with Crippen LogP contribution in [0, 0.1) is 11.8 Å². The molecule has 3 aliphatic rings. The van der Waals surface area contributed by atoms with Crippen LogP contribution in [0.4, 0.5) is 0 Å². The lowest BCUT2D eigenvalue weighted by atomic mass is 9.76. The van der Waals surface area contributed by atoms with Gasteiger partial charge in [0.2, 0.25) is 0 Å². The summed E-state index contributed by atoms with van der Waals surface area (Å²) >= 11 is 0. The highest BCUT2D eigenvalue weighted by Gasteiger charge is 2.48. The number of aliphatic hydroxyl groups excluding tert-OH is 1. The van der Waals surface area contributed by atoms with Crippen LogP contribution in [0.5, 0.6) is 0 Å². The summed E-state index contributed by atoms with van der Waals surface area (Å²) in [6.45, 7) is 0. The van der Waals surface area contributed by atoms with Crippen LogP contribution < -0.4 is 0 Å². The summed E-state index contributed by atoms with van der Waals surface area (Å²) in [5.41, 5.74) is 0. The van der Waals surface area contributed by atoms with Crippen molar-refractivity contribution in [1.82, 2.24) is 4.90 Å². The molecule has 0 spiro atoms. The van der Waals surface area contributed by atoms with Crippen molar-refractivity contribution in [2.75, 3.05) is 7.05 Å². The molecular formula is C11H19NO. The minimum atomic E-state index is -0.00500. The molecule has 1 aliphatic carbocycles. The molecule has 2 saturated heterocycles.